The van der Waals surface area contributed by atoms with Crippen LogP contribution >= 0.6 is 9.04 Å². The van der Waals surface area contributed by atoms with Crippen LogP contribution in [0.5, 0.6) is 0 Å². The van der Waals surface area contributed by atoms with Gasteiger partial charge in [-0.25, -0.2) is 0 Å². The Bertz CT molecular complexity index is 1050. The van der Waals surface area contributed by atoms with Gasteiger partial charge in [0.2, 0.25) is 0 Å². The van der Waals surface area contributed by atoms with Crippen molar-refractivity contribution in [2.45, 2.75) is 102 Å². The predicted octanol–water partition coefficient (Wildman–Crippen LogP) is 9.96. The van der Waals surface area contributed by atoms with E-state index in [-0.39, 0.29) is 5.82 Å². The van der Waals surface area contributed by atoms with Crippen molar-refractivity contribution in [3.8, 4) is 0 Å². The molecular weight excluding hydrogens is 585 g/mol. The number of benzene rings is 2. The Morgan fingerprint density at radius 3 is 2.30 bits per heavy atom. The number of aromatic nitrogens is 1. The fourth-order valence-corrected chi connectivity index (χ4v) is 11.5. The van der Waals surface area contributed by atoms with Crippen molar-refractivity contribution in [2.24, 2.45) is 13.0 Å². The van der Waals surface area contributed by atoms with E-state index in [2.05, 4.69) is 66.4 Å². The van der Waals surface area contributed by atoms with Crippen LogP contribution in [0.2, 0.25) is 4.87 Å². The molecule has 1 heterocycles. The summed E-state index contributed by atoms with van der Waals surface area (Å²) in [4.78, 5) is 2.32. The Morgan fingerprint density at radius 1 is 1.00 bits per heavy atom. The van der Waals surface area contributed by atoms with Crippen molar-refractivity contribution < 1.29 is 4.39 Å². The summed E-state index contributed by atoms with van der Waals surface area (Å²) < 4.78 is 20.3. The van der Waals surface area contributed by atoms with Gasteiger partial charge in [0.1, 0.15) is 0 Å². The fraction of sp³-hybridized carbons (Fsp3) is 0.562. The number of unbranched alkanes of at least 4 members (excludes halogenated alkanes) is 1. The SMILES string of the molecule is CCCC(CCC)c1cn(C)c2ccc(N[S][Sb]([CH3])[c]3ccc(F)cc3)cc12.CCCCC1CCCC1. The first-order chi connectivity index (χ1) is 18.0. The molecule has 204 valence electrons. The van der Waals surface area contributed by atoms with Crippen molar-refractivity contribution in [1.29, 1.82) is 0 Å². The molecule has 1 aliphatic rings. The Labute approximate surface area is 235 Å². The third-order valence-electron chi connectivity index (χ3n) is 7.67. The van der Waals surface area contributed by atoms with Crippen molar-refractivity contribution in [2.75, 3.05) is 4.72 Å². The van der Waals surface area contributed by atoms with Crippen LogP contribution in [0.25, 0.3) is 10.9 Å². The molecule has 1 saturated carbocycles. The summed E-state index contributed by atoms with van der Waals surface area (Å²) in [6.45, 7) is 6.84. The van der Waals surface area contributed by atoms with E-state index >= 15 is 0 Å². The first kappa shape index (κ1) is 30.4. The zero-order valence-electron chi connectivity index (χ0n) is 23.7. The smallest absolute Gasteiger partial charge is 0.0414 e. The van der Waals surface area contributed by atoms with Crippen LogP contribution in [0.4, 0.5) is 10.1 Å². The van der Waals surface area contributed by atoms with Crippen molar-refractivity contribution in [3.05, 3.63) is 60.0 Å². The van der Waals surface area contributed by atoms with Crippen LogP contribution in [0.3, 0.4) is 0 Å². The largest absolute Gasteiger partial charge is 0.0654 e. The summed E-state index contributed by atoms with van der Waals surface area (Å²) in [7, 11) is 3.99. The van der Waals surface area contributed by atoms with E-state index in [0.29, 0.717) is 5.92 Å². The number of aryl methyl sites for hydroxylation is 1. The minimum atomic E-state index is -1.70. The molecule has 0 bridgehead atoms. The molecule has 0 radical (unpaired) electrons. The average Bonchev–Trinajstić information content (AvgIpc) is 3.54. The van der Waals surface area contributed by atoms with Gasteiger partial charge in [-0.2, -0.15) is 0 Å². The molecule has 0 atom stereocenters. The first-order valence-electron chi connectivity index (χ1n) is 14.5. The van der Waals surface area contributed by atoms with Crippen molar-refractivity contribution >= 4 is 47.9 Å². The molecule has 1 aliphatic carbocycles. The molecule has 1 fully saturated rings. The molecule has 0 unspecified atom stereocenters. The van der Waals surface area contributed by atoms with Crippen LogP contribution in [0, 0.1) is 11.7 Å². The number of nitrogens with zero attached hydrogens (tertiary/aromatic N) is 1. The fourth-order valence-electron chi connectivity index (χ4n) is 5.58. The van der Waals surface area contributed by atoms with Gasteiger partial charge >= 0.3 is 179 Å². The topological polar surface area (TPSA) is 17.0 Å². The van der Waals surface area contributed by atoms with Gasteiger partial charge in [-0.1, -0.05) is 51.9 Å². The van der Waals surface area contributed by atoms with E-state index in [1.807, 2.05) is 21.2 Å². The van der Waals surface area contributed by atoms with Gasteiger partial charge in [0, 0.05) is 0 Å². The van der Waals surface area contributed by atoms with E-state index in [9.17, 15) is 4.39 Å². The van der Waals surface area contributed by atoms with Gasteiger partial charge in [-0.3, -0.25) is 0 Å². The van der Waals surface area contributed by atoms with Crippen LogP contribution in [-0.4, -0.2) is 23.4 Å². The van der Waals surface area contributed by atoms with Gasteiger partial charge in [-0.15, -0.1) is 0 Å². The number of halogens is 1. The zero-order chi connectivity index (χ0) is 26.6. The molecule has 0 spiro atoms. The molecule has 0 aliphatic heterocycles. The molecule has 3 aromatic rings. The standard InChI is InChI=1S/C16H23N2S.C9H18.C6H4F.CH3.Sb/c1-4-6-12(7-5-2)15-11-18(3)16-9-8-13(17-19)10-14(15)16;1-2-3-6-9-7-4-5-8-9;7-6-4-2-1-3-5-6;;/h8-12,17H,4-7H2,1-3H3;9H,2-8H2,1H3;2-5H;1H3;/q-1;;;;+1. The normalized spacial score (nSPS) is 13.9. The maximum atomic E-state index is 13.2. The Kier molecular flexibility index (Phi) is 13.2. The van der Waals surface area contributed by atoms with E-state index in [4.69, 9.17) is 0 Å². The summed E-state index contributed by atoms with van der Waals surface area (Å²) in [5.74, 6) is 1.59. The van der Waals surface area contributed by atoms with Gasteiger partial charge in [-0.05, 0) is 5.92 Å². The van der Waals surface area contributed by atoms with Crippen LogP contribution in [-0.2, 0) is 7.05 Å². The van der Waals surface area contributed by atoms with Crippen LogP contribution in [0.15, 0.2) is 48.7 Å². The Hall–Kier alpha value is -1.12. The van der Waals surface area contributed by atoms with Gasteiger partial charge in [0.15, 0.2) is 0 Å². The van der Waals surface area contributed by atoms with Crippen molar-refractivity contribution in [1.82, 2.24) is 4.57 Å². The molecule has 0 saturated heterocycles. The number of hydrogen-bond donors (Lipinski definition) is 1. The van der Waals surface area contributed by atoms with E-state index in [1.54, 1.807) is 12.1 Å². The number of nitrogens with one attached hydrogen (secondary N) is 1. The van der Waals surface area contributed by atoms with E-state index < -0.39 is 18.8 Å². The number of fused-ring (bicyclic) bond motifs is 1. The maximum absolute atomic E-state index is 13.2. The monoisotopic (exact) mass is 632 g/mol. The second-order valence-electron chi connectivity index (χ2n) is 10.7. The minimum Gasteiger partial charge on any atom is -0.0654 e. The summed E-state index contributed by atoms with van der Waals surface area (Å²) in [6, 6.07) is 13.7. The van der Waals surface area contributed by atoms with E-state index in [0.717, 1.165) is 11.6 Å². The molecule has 2 nitrogen and oxygen atoms in total. The first-order valence-corrected chi connectivity index (χ1v) is 22.2. The molecule has 0 amide bonds. The molecule has 37 heavy (non-hydrogen) atoms. The molecule has 2 aromatic carbocycles. The number of rotatable bonds is 12. The second-order valence-corrected chi connectivity index (χ2v) is 20.6. The number of hydrogen-bond acceptors (Lipinski definition) is 2. The molecular formula is C32H48FN2SSb. The van der Waals surface area contributed by atoms with Gasteiger partial charge in [0.25, 0.3) is 0 Å². The van der Waals surface area contributed by atoms with Gasteiger partial charge in [0.05, 0.1) is 0 Å². The summed E-state index contributed by atoms with van der Waals surface area (Å²) in [5, 5.41) is 1.38. The number of anilines is 1. The Morgan fingerprint density at radius 2 is 1.68 bits per heavy atom. The molecule has 1 N–H and O–H groups in total. The second kappa shape index (κ2) is 16.1. The summed E-state index contributed by atoms with van der Waals surface area (Å²) in [5.41, 5.74) is 3.95. The van der Waals surface area contributed by atoms with E-state index in [1.165, 1.54) is 90.6 Å². The third-order valence-corrected chi connectivity index (χ3v) is 15.7. The third kappa shape index (κ3) is 9.24. The van der Waals surface area contributed by atoms with Crippen molar-refractivity contribution in [3.63, 3.8) is 0 Å². The maximum Gasteiger partial charge on any atom is -0.0414 e. The van der Waals surface area contributed by atoms with Crippen LogP contribution < -0.4 is 8.23 Å². The predicted molar refractivity (Wildman–Crippen MR) is 166 cm³/mol. The molecule has 4 rings (SSSR count). The average molecular weight is 634 g/mol. The quantitative estimate of drug-likeness (QED) is 0.158. The summed E-state index contributed by atoms with van der Waals surface area (Å²) >= 11 is -1.70. The van der Waals surface area contributed by atoms with Gasteiger partial charge < -0.3 is 0 Å². The molecule has 5 heteroatoms. The Balaban J connectivity index is 0.000000356. The molecule has 1 aromatic heterocycles. The van der Waals surface area contributed by atoms with Crippen LogP contribution in [0.1, 0.15) is 103 Å². The minimum absolute atomic E-state index is 0.161. The zero-order valence-corrected chi connectivity index (χ0v) is 27.1. The summed E-state index contributed by atoms with van der Waals surface area (Å²) in [6.07, 6.45) is 17.7.